The maximum absolute atomic E-state index is 13.6. The van der Waals surface area contributed by atoms with E-state index in [9.17, 15) is 13.6 Å². The molecule has 126 valence electrons. The molecule has 0 bridgehead atoms. The van der Waals surface area contributed by atoms with E-state index in [0.29, 0.717) is 32.2 Å². The monoisotopic (exact) mass is 325 g/mol. The molecule has 2 fully saturated rings. The van der Waals surface area contributed by atoms with Crippen molar-refractivity contribution >= 4 is 5.91 Å². The summed E-state index contributed by atoms with van der Waals surface area (Å²) in [5, 5.41) is 0. The van der Waals surface area contributed by atoms with E-state index in [1.807, 2.05) is 0 Å². The fourth-order valence-corrected chi connectivity index (χ4v) is 3.20. The van der Waals surface area contributed by atoms with Crippen molar-refractivity contribution in [3.8, 4) is 0 Å². The summed E-state index contributed by atoms with van der Waals surface area (Å²) in [4.78, 5) is 14.0. The smallest absolute Gasteiger partial charge is 0.222 e. The average Bonchev–Trinajstić information content (AvgIpc) is 3.10. The van der Waals surface area contributed by atoms with Crippen molar-refractivity contribution in [1.82, 2.24) is 4.90 Å². The van der Waals surface area contributed by atoms with Crippen LogP contribution in [0.15, 0.2) is 18.2 Å². The van der Waals surface area contributed by atoms with Crippen molar-refractivity contribution in [2.75, 3.05) is 26.3 Å². The molecule has 6 heteroatoms. The number of ether oxygens (including phenoxy) is 2. The third kappa shape index (κ3) is 4.06. The van der Waals surface area contributed by atoms with Gasteiger partial charge in [-0.2, -0.15) is 0 Å². The van der Waals surface area contributed by atoms with Crippen LogP contribution in [0.3, 0.4) is 0 Å². The van der Waals surface area contributed by atoms with Crippen molar-refractivity contribution < 1.29 is 23.0 Å². The third-order valence-corrected chi connectivity index (χ3v) is 4.54. The summed E-state index contributed by atoms with van der Waals surface area (Å²) < 4.78 is 37.7. The van der Waals surface area contributed by atoms with Crippen LogP contribution in [0.5, 0.6) is 0 Å². The lowest BCUT2D eigenvalue weighted by molar-refractivity contribution is -0.136. The zero-order chi connectivity index (χ0) is 16.2. The Hall–Kier alpha value is -1.53. The molecule has 2 aliphatic heterocycles. The fraction of sp³-hybridized carbons (Fsp3) is 0.588. The van der Waals surface area contributed by atoms with Crippen LogP contribution in [-0.4, -0.2) is 43.4 Å². The molecule has 0 aliphatic carbocycles. The Morgan fingerprint density at radius 3 is 2.57 bits per heavy atom. The number of aryl methyl sites for hydroxylation is 1. The molecule has 0 saturated carbocycles. The number of carbonyl (C=O) groups is 1. The van der Waals surface area contributed by atoms with Gasteiger partial charge in [0, 0.05) is 25.4 Å². The molecule has 0 unspecified atom stereocenters. The largest absolute Gasteiger partial charge is 0.350 e. The molecular weight excluding hydrogens is 304 g/mol. The summed E-state index contributed by atoms with van der Waals surface area (Å²) in [6, 6.07) is 3.34. The van der Waals surface area contributed by atoms with Gasteiger partial charge in [-0.3, -0.25) is 4.79 Å². The second-order valence-corrected chi connectivity index (χ2v) is 6.06. The van der Waals surface area contributed by atoms with Gasteiger partial charge in [-0.25, -0.2) is 8.78 Å². The second kappa shape index (κ2) is 7.36. The number of carbonyl (C=O) groups excluding carboxylic acids is 1. The molecule has 2 heterocycles. The van der Waals surface area contributed by atoms with E-state index in [1.165, 1.54) is 0 Å². The Morgan fingerprint density at radius 1 is 1.17 bits per heavy atom. The van der Waals surface area contributed by atoms with E-state index in [-0.39, 0.29) is 30.6 Å². The Balaban J connectivity index is 1.47. The third-order valence-electron chi connectivity index (χ3n) is 4.54. The van der Waals surface area contributed by atoms with Gasteiger partial charge >= 0.3 is 0 Å². The van der Waals surface area contributed by atoms with E-state index in [4.69, 9.17) is 9.47 Å². The van der Waals surface area contributed by atoms with Crippen molar-refractivity contribution in [2.24, 2.45) is 5.92 Å². The molecule has 4 nitrogen and oxygen atoms in total. The quantitative estimate of drug-likeness (QED) is 0.854. The number of hydrogen-bond donors (Lipinski definition) is 0. The summed E-state index contributed by atoms with van der Waals surface area (Å²) in [6.07, 6.45) is 1.99. The predicted octanol–water partition coefficient (Wildman–Crippen LogP) is 2.51. The lowest BCUT2D eigenvalue weighted by Gasteiger charge is -2.34. The molecule has 0 spiro atoms. The number of halogens is 2. The Kier molecular flexibility index (Phi) is 5.23. The fourth-order valence-electron chi connectivity index (χ4n) is 3.20. The highest BCUT2D eigenvalue weighted by Crippen LogP contribution is 2.26. The van der Waals surface area contributed by atoms with E-state index in [2.05, 4.69) is 0 Å². The summed E-state index contributed by atoms with van der Waals surface area (Å²) >= 11 is 0. The van der Waals surface area contributed by atoms with Crippen LogP contribution in [0, 0.1) is 17.6 Å². The average molecular weight is 325 g/mol. The van der Waals surface area contributed by atoms with Crippen LogP contribution in [-0.2, 0) is 20.7 Å². The minimum atomic E-state index is -0.480. The van der Waals surface area contributed by atoms with Crippen LogP contribution in [0.4, 0.5) is 8.78 Å². The summed E-state index contributed by atoms with van der Waals surface area (Å²) in [7, 11) is 0. The van der Waals surface area contributed by atoms with Gasteiger partial charge in [0.2, 0.25) is 5.91 Å². The molecule has 0 aromatic heterocycles. The van der Waals surface area contributed by atoms with Gasteiger partial charge in [-0.05, 0) is 43.0 Å². The Morgan fingerprint density at radius 2 is 1.87 bits per heavy atom. The van der Waals surface area contributed by atoms with Crippen LogP contribution >= 0.6 is 0 Å². The molecular formula is C17H21F2NO3. The number of nitrogens with zero attached hydrogens (tertiary/aromatic N) is 1. The minimum absolute atomic E-state index is 0.0135. The normalized spacial score (nSPS) is 20.2. The van der Waals surface area contributed by atoms with Gasteiger partial charge in [0.25, 0.3) is 0 Å². The van der Waals surface area contributed by atoms with Crippen molar-refractivity contribution in [1.29, 1.82) is 0 Å². The number of piperidine rings is 1. The van der Waals surface area contributed by atoms with Crippen LogP contribution in [0.1, 0.15) is 24.8 Å². The van der Waals surface area contributed by atoms with Crippen molar-refractivity contribution in [3.63, 3.8) is 0 Å². The standard InChI is InChI=1S/C17H21F2NO3/c18-14-2-3-15(19)13(11-14)1-4-16(21)20-7-5-12(6-8-20)17-22-9-10-23-17/h2-3,11-12,17H,1,4-10H2. The molecule has 1 aromatic rings. The number of benzene rings is 1. The van der Waals surface area contributed by atoms with E-state index < -0.39 is 11.6 Å². The van der Waals surface area contributed by atoms with Crippen LogP contribution in [0.2, 0.25) is 0 Å². The molecule has 1 aromatic carbocycles. The van der Waals surface area contributed by atoms with E-state index >= 15 is 0 Å². The SMILES string of the molecule is O=C(CCc1cc(F)ccc1F)N1CCC(C2OCCO2)CC1. The molecule has 1 amide bonds. The van der Waals surface area contributed by atoms with Crippen molar-refractivity contribution in [3.05, 3.63) is 35.4 Å². The first kappa shape index (κ1) is 16.3. The molecule has 2 saturated heterocycles. The van der Waals surface area contributed by atoms with Crippen LogP contribution < -0.4 is 0 Å². The molecule has 0 N–H and O–H groups in total. The number of rotatable bonds is 4. The highest BCUT2D eigenvalue weighted by Gasteiger charge is 2.31. The molecule has 0 radical (unpaired) electrons. The molecule has 2 aliphatic rings. The maximum Gasteiger partial charge on any atom is 0.222 e. The van der Waals surface area contributed by atoms with Gasteiger partial charge < -0.3 is 14.4 Å². The van der Waals surface area contributed by atoms with Crippen LogP contribution in [0.25, 0.3) is 0 Å². The second-order valence-electron chi connectivity index (χ2n) is 6.06. The highest BCUT2D eigenvalue weighted by atomic mass is 19.1. The van der Waals surface area contributed by atoms with Gasteiger partial charge in [0.15, 0.2) is 6.29 Å². The molecule has 23 heavy (non-hydrogen) atoms. The molecule has 0 atom stereocenters. The summed E-state index contributed by atoms with van der Waals surface area (Å²) in [5.74, 6) is -0.623. The topological polar surface area (TPSA) is 38.8 Å². The lowest BCUT2D eigenvalue weighted by Crippen LogP contribution is -2.41. The maximum atomic E-state index is 13.6. The number of likely N-dealkylation sites (tertiary alicyclic amines) is 1. The Labute approximate surface area is 134 Å². The van der Waals surface area contributed by atoms with E-state index in [0.717, 1.165) is 31.0 Å². The number of hydrogen-bond acceptors (Lipinski definition) is 3. The molecule has 3 rings (SSSR count). The first-order valence-electron chi connectivity index (χ1n) is 8.08. The zero-order valence-corrected chi connectivity index (χ0v) is 13.0. The van der Waals surface area contributed by atoms with Gasteiger partial charge in [0.1, 0.15) is 11.6 Å². The van der Waals surface area contributed by atoms with E-state index in [1.54, 1.807) is 4.90 Å². The zero-order valence-electron chi connectivity index (χ0n) is 13.0. The summed E-state index contributed by atoms with van der Waals surface area (Å²) in [5.41, 5.74) is 0.251. The van der Waals surface area contributed by atoms with Gasteiger partial charge in [-0.15, -0.1) is 0 Å². The first-order valence-corrected chi connectivity index (χ1v) is 8.08. The summed E-state index contributed by atoms with van der Waals surface area (Å²) in [6.45, 7) is 2.61. The first-order chi connectivity index (χ1) is 11.1. The highest BCUT2D eigenvalue weighted by molar-refractivity contribution is 5.76. The van der Waals surface area contributed by atoms with Gasteiger partial charge in [-0.1, -0.05) is 0 Å². The Bertz CT molecular complexity index is 553. The van der Waals surface area contributed by atoms with Crippen molar-refractivity contribution in [2.45, 2.75) is 32.0 Å². The minimum Gasteiger partial charge on any atom is -0.350 e. The van der Waals surface area contributed by atoms with Gasteiger partial charge in [0.05, 0.1) is 13.2 Å². The number of amides is 1. The predicted molar refractivity (Wildman–Crippen MR) is 79.7 cm³/mol. The lowest BCUT2D eigenvalue weighted by atomic mass is 9.95.